The summed E-state index contributed by atoms with van der Waals surface area (Å²) < 4.78 is 0. The molecule has 0 spiro atoms. The van der Waals surface area contributed by atoms with E-state index in [1.54, 1.807) is 0 Å². The predicted octanol–water partition coefficient (Wildman–Crippen LogP) is 2.56. The molecule has 1 saturated carbocycles. The normalized spacial score (nSPS) is 21.8. The van der Waals surface area contributed by atoms with Gasteiger partial charge in [0.25, 0.3) is 0 Å². The summed E-state index contributed by atoms with van der Waals surface area (Å²) in [6.45, 7) is 6.89. The third-order valence-electron chi connectivity index (χ3n) is 2.45. The van der Waals surface area contributed by atoms with Crippen LogP contribution in [-0.2, 0) is 0 Å². The van der Waals surface area contributed by atoms with E-state index in [-0.39, 0.29) is 0 Å². The van der Waals surface area contributed by atoms with Gasteiger partial charge in [-0.1, -0.05) is 20.3 Å². The molecule has 11 heavy (non-hydrogen) atoms. The van der Waals surface area contributed by atoms with Gasteiger partial charge in [0.05, 0.1) is 0 Å². The van der Waals surface area contributed by atoms with E-state index >= 15 is 0 Å². The lowest BCUT2D eigenvalue weighted by Crippen LogP contribution is -2.41. The van der Waals surface area contributed by atoms with Crippen LogP contribution in [0.25, 0.3) is 0 Å². The van der Waals surface area contributed by atoms with Crippen molar-refractivity contribution in [3.05, 3.63) is 0 Å². The van der Waals surface area contributed by atoms with Crippen molar-refractivity contribution in [1.29, 1.82) is 0 Å². The molecule has 0 aromatic heterocycles. The highest BCUT2D eigenvalue weighted by atomic mass is 15.0. The molecule has 1 atom stereocenters. The van der Waals surface area contributed by atoms with Gasteiger partial charge in [0, 0.05) is 12.1 Å². The van der Waals surface area contributed by atoms with Gasteiger partial charge in [0.1, 0.15) is 0 Å². The Morgan fingerprint density at radius 3 is 2.27 bits per heavy atom. The fourth-order valence-electron chi connectivity index (χ4n) is 1.75. The average molecular weight is 155 g/mol. The Morgan fingerprint density at radius 2 is 1.91 bits per heavy atom. The summed E-state index contributed by atoms with van der Waals surface area (Å²) in [6.07, 6.45) is 5.56. The van der Waals surface area contributed by atoms with Crippen LogP contribution in [0.4, 0.5) is 0 Å². The molecule has 66 valence electrons. The topological polar surface area (TPSA) is 12.0 Å². The van der Waals surface area contributed by atoms with E-state index in [4.69, 9.17) is 0 Å². The molecule has 1 aliphatic carbocycles. The van der Waals surface area contributed by atoms with Gasteiger partial charge in [-0.3, -0.25) is 0 Å². The average Bonchev–Trinajstić information content (AvgIpc) is 1.77. The minimum atomic E-state index is 0.722. The first-order chi connectivity index (χ1) is 5.18. The summed E-state index contributed by atoms with van der Waals surface area (Å²) >= 11 is 0. The Hall–Kier alpha value is -0.0400. The Labute approximate surface area is 70.6 Å². The van der Waals surface area contributed by atoms with Crippen LogP contribution in [0, 0.1) is 5.92 Å². The lowest BCUT2D eigenvalue weighted by molar-refractivity contribution is 0.292. The fourth-order valence-corrected chi connectivity index (χ4v) is 1.75. The summed E-state index contributed by atoms with van der Waals surface area (Å²) in [5.41, 5.74) is 0. The Kier molecular flexibility index (Phi) is 3.38. The summed E-state index contributed by atoms with van der Waals surface area (Å²) in [6, 6.07) is 1.57. The fraction of sp³-hybridized carbons (Fsp3) is 1.00. The highest BCUT2D eigenvalue weighted by molar-refractivity contribution is 4.79. The first kappa shape index (κ1) is 9.05. The van der Waals surface area contributed by atoms with Crippen molar-refractivity contribution in [3.8, 4) is 0 Å². The standard InChI is InChI=1S/C10H21N/c1-8(2)7-9(3)11-10-5-4-6-10/h8-11H,4-7H2,1-3H3/t9-/m1/s1. The molecule has 0 radical (unpaired) electrons. The van der Waals surface area contributed by atoms with E-state index in [1.165, 1.54) is 25.7 Å². The van der Waals surface area contributed by atoms with Crippen molar-refractivity contribution >= 4 is 0 Å². The highest BCUT2D eigenvalue weighted by Gasteiger charge is 2.18. The lowest BCUT2D eigenvalue weighted by Gasteiger charge is -2.30. The van der Waals surface area contributed by atoms with Crippen molar-refractivity contribution in [3.63, 3.8) is 0 Å². The maximum Gasteiger partial charge on any atom is 0.00695 e. The number of rotatable bonds is 4. The molecular weight excluding hydrogens is 134 g/mol. The van der Waals surface area contributed by atoms with Crippen LogP contribution in [0.1, 0.15) is 46.5 Å². The van der Waals surface area contributed by atoms with Crippen LogP contribution < -0.4 is 5.32 Å². The van der Waals surface area contributed by atoms with Gasteiger partial charge in [-0.25, -0.2) is 0 Å². The van der Waals surface area contributed by atoms with Gasteiger partial charge in [-0.05, 0) is 32.1 Å². The second kappa shape index (κ2) is 4.10. The Morgan fingerprint density at radius 1 is 1.27 bits per heavy atom. The minimum absolute atomic E-state index is 0.722. The molecule has 1 N–H and O–H groups in total. The first-order valence-corrected chi connectivity index (χ1v) is 4.94. The molecule has 0 aromatic carbocycles. The lowest BCUT2D eigenvalue weighted by atomic mass is 9.91. The van der Waals surface area contributed by atoms with E-state index in [2.05, 4.69) is 26.1 Å². The van der Waals surface area contributed by atoms with Crippen molar-refractivity contribution in [2.24, 2.45) is 5.92 Å². The molecule has 0 saturated heterocycles. The molecule has 1 fully saturated rings. The molecule has 1 heteroatoms. The van der Waals surface area contributed by atoms with Crippen LogP contribution in [0.3, 0.4) is 0 Å². The summed E-state index contributed by atoms with van der Waals surface area (Å²) in [5.74, 6) is 0.831. The van der Waals surface area contributed by atoms with Gasteiger partial charge in [-0.2, -0.15) is 0 Å². The summed E-state index contributed by atoms with van der Waals surface area (Å²) in [5, 5.41) is 3.65. The van der Waals surface area contributed by atoms with E-state index in [0.717, 1.165) is 18.0 Å². The third kappa shape index (κ3) is 3.24. The van der Waals surface area contributed by atoms with Gasteiger partial charge in [-0.15, -0.1) is 0 Å². The van der Waals surface area contributed by atoms with Gasteiger partial charge >= 0.3 is 0 Å². The van der Waals surface area contributed by atoms with E-state index < -0.39 is 0 Å². The minimum Gasteiger partial charge on any atom is -0.311 e. The first-order valence-electron chi connectivity index (χ1n) is 4.94. The van der Waals surface area contributed by atoms with E-state index in [9.17, 15) is 0 Å². The number of hydrogen-bond acceptors (Lipinski definition) is 1. The molecule has 0 aliphatic heterocycles. The van der Waals surface area contributed by atoms with Crippen LogP contribution in [0.15, 0.2) is 0 Å². The van der Waals surface area contributed by atoms with Crippen molar-refractivity contribution in [2.45, 2.75) is 58.5 Å². The second-order valence-corrected chi connectivity index (χ2v) is 4.33. The summed E-state index contributed by atoms with van der Waals surface area (Å²) in [7, 11) is 0. The number of hydrogen-bond donors (Lipinski definition) is 1. The number of nitrogens with one attached hydrogen (secondary N) is 1. The van der Waals surface area contributed by atoms with Crippen LogP contribution in [0.2, 0.25) is 0 Å². The maximum absolute atomic E-state index is 3.65. The quantitative estimate of drug-likeness (QED) is 0.658. The van der Waals surface area contributed by atoms with Crippen LogP contribution in [0.5, 0.6) is 0 Å². The van der Waals surface area contributed by atoms with Crippen LogP contribution >= 0.6 is 0 Å². The maximum atomic E-state index is 3.65. The van der Waals surface area contributed by atoms with Crippen molar-refractivity contribution in [2.75, 3.05) is 0 Å². The predicted molar refractivity (Wildman–Crippen MR) is 49.7 cm³/mol. The molecule has 0 amide bonds. The molecule has 0 heterocycles. The Balaban J connectivity index is 2.04. The molecule has 1 aliphatic rings. The zero-order chi connectivity index (χ0) is 8.27. The Bertz CT molecular complexity index is 105. The van der Waals surface area contributed by atoms with E-state index in [0.29, 0.717) is 0 Å². The van der Waals surface area contributed by atoms with Gasteiger partial charge in [0.15, 0.2) is 0 Å². The molecule has 1 nitrogen and oxygen atoms in total. The smallest absolute Gasteiger partial charge is 0.00695 e. The monoisotopic (exact) mass is 155 g/mol. The SMILES string of the molecule is CC(C)C[C@@H](C)NC1CCC1. The third-order valence-corrected chi connectivity index (χ3v) is 2.45. The largest absolute Gasteiger partial charge is 0.311 e. The molecule has 0 aromatic rings. The second-order valence-electron chi connectivity index (χ2n) is 4.33. The molecule has 1 rings (SSSR count). The highest BCUT2D eigenvalue weighted by Crippen LogP contribution is 2.19. The van der Waals surface area contributed by atoms with Gasteiger partial charge in [0.2, 0.25) is 0 Å². The molecular formula is C10H21N. The molecule has 0 unspecified atom stereocenters. The van der Waals surface area contributed by atoms with E-state index in [1.807, 2.05) is 0 Å². The van der Waals surface area contributed by atoms with Gasteiger partial charge < -0.3 is 5.32 Å². The molecule has 0 bridgehead atoms. The zero-order valence-electron chi connectivity index (χ0n) is 8.06. The summed E-state index contributed by atoms with van der Waals surface area (Å²) in [4.78, 5) is 0. The van der Waals surface area contributed by atoms with Crippen LogP contribution in [-0.4, -0.2) is 12.1 Å². The zero-order valence-corrected chi connectivity index (χ0v) is 8.06. The van der Waals surface area contributed by atoms with Crippen molar-refractivity contribution in [1.82, 2.24) is 5.32 Å². The van der Waals surface area contributed by atoms with Crippen molar-refractivity contribution < 1.29 is 0 Å².